The van der Waals surface area contributed by atoms with Crippen molar-refractivity contribution in [2.45, 2.75) is 6.92 Å². The molecule has 0 spiro atoms. The first-order valence-corrected chi connectivity index (χ1v) is 6.28. The van der Waals surface area contributed by atoms with Crippen LogP contribution in [0.2, 0.25) is 0 Å². The molecule has 0 fully saturated rings. The third-order valence-electron chi connectivity index (χ3n) is 3.01. The molecule has 102 valence electrons. The number of amidine groups is 1. The van der Waals surface area contributed by atoms with Crippen LogP contribution in [0.1, 0.15) is 6.92 Å². The molecule has 1 aromatic rings. The Bertz CT molecular complexity index is 484. The number of hydrogen-bond donors (Lipinski definition) is 3. The average Bonchev–Trinajstić information content (AvgIpc) is 2.78. The van der Waals surface area contributed by atoms with E-state index in [2.05, 4.69) is 20.5 Å². The number of anilines is 1. The van der Waals surface area contributed by atoms with Gasteiger partial charge in [0.05, 0.1) is 6.54 Å². The maximum absolute atomic E-state index is 12.7. The van der Waals surface area contributed by atoms with Crippen molar-refractivity contribution in [3.05, 3.63) is 30.1 Å². The van der Waals surface area contributed by atoms with Crippen LogP contribution in [0.4, 0.5) is 14.9 Å². The highest BCUT2D eigenvalue weighted by Gasteiger charge is 2.15. The van der Waals surface area contributed by atoms with Gasteiger partial charge in [-0.15, -0.1) is 0 Å². The van der Waals surface area contributed by atoms with E-state index >= 15 is 0 Å². The average molecular weight is 265 g/mol. The Balaban J connectivity index is 1.73. The summed E-state index contributed by atoms with van der Waals surface area (Å²) >= 11 is 0. The van der Waals surface area contributed by atoms with E-state index in [0.717, 1.165) is 25.5 Å². The first-order valence-electron chi connectivity index (χ1n) is 6.28. The highest BCUT2D eigenvalue weighted by Crippen LogP contribution is 2.07. The summed E-state index contributed by atoms with van der Waals surface area (Å²) in [6.45, 7) is 5.27. The van der Waals surface area contributed by atoms with Gasteiger partial charge < -0.3 is 10.6 Å². The molecule has 2 amide bonds. The molecule has 0 bridgehead atoms. The number of hydrogen-bond acceptors (Lipinski definition) is 2. The molecule has 3 N–H and O–H groups in total. The minimum atomic E-state index is -0.321. The van der Waals surface area contributed by atoms with Crippen LogP contribution >= 0.6 is 0 Å². The quantitative estimate of drug-likeness (QED) is 0.711. The zero-order valence-electron chi connectivity index (χ0n) is 10.9. The third kappa shape index (κ3) is 3.94. The summed E-state index contributed by atoms with van der Waals surface area (Å²) in [4.78, 5) is 11.6. The largest absolute Gasteiger partial charge is 0.334 e. The summed E-state index contributed by atoms with van der Waals surface area (Å²) in [6.07, 6.45) is 0. The molecule has 0 atom stereocenters. The molecule has 1 aromatic carbocycles. The van der Waals surface area contributed by atoms with Gasteiger partial charge in [-0.05, 0) is 24.3 Å². The van der Waals surface area contributed by atoms with Gasteiger partial charge in [0.15, 0.2) is 0 Å². The number of carbonyl (C=O) groups excluding carboxylic acids is 1. The SMILES string of the molecule is CC1=[N+](CCNC(=O)Nc2ccc(F)cc2)CCN1. The molecule has 1 aliphatic heterocycles. The van der Waals surface area contributed by atoms with Gasteiger partial charge in [0.1, 0.15) is 25.5 Å². The van der Waals surface area contributed by atoms with Gasteiger partial charge in [-0.3, -0.25) is 9.89 Å². The van der Waals surface area contributed by atoms with Crippen molar-refractivity contribution in [3.63, 3.8) is 0 Å². The summed E-state index contributed by atoms with van der Waals surface area (Å²) in [7, 11) is 0. The molecule has 0 radical (unpaired) electrons. The topological polar surface area (TPSA) is 56.2 Å². The molecule has 6 heteroatoms. The van der Waals surface area contributed by atoms with Crippen molar-refractivity contribution in [3.8, 4) is 0 Å². The molecular weight excluding hydrogens is 247 g/mol. The Hall–Kier alpha value is -2.11. The van der Waals surface area contributed by atoms with Crippen molar-refractivity contribution in [1.29, 1.82) is 0 Å². The molecule has 0 unspecified atom stereocenters. The Morgan fingerprint density at radius 3 is 2.79 bits per heavy atom. The zero-order chi connectivity index (χ0) is 13.7. The first-order chi connectivity index (χ1) is 9.15. The molecule has 5 nitrogen and oxygen atoms in total. The van der Waals surface area contributed by atoms with Crippen LogP contribution in [-0.4, -0.2) is 42.6 Å². The number of nitrogens with one attached hydrogen (secondary N) is 3. The fraction of sp³-hybridized carbons (Fsp3) is 0.385. The third-order valence-corrected chi connectivity index (χ3v) is 3.01. The summed E-state index contributed by atoms with van der Waals surface area (Å²) < 4.78 is 14.9. The van der Waals surface area contributed by atoms with Crippen LogP contribution in [0.15, 0.2) is 24.3 Å². The van der Waals surface area contributed by atoms with E-state index in [1.54, 1.807) is 0 Å². The lowest BCUT2D eigenvalue weighted by molar-refractivity contribution is -0.516. The minimum Gasteiger partial charge on any atom is -0.334 e. The van der Waals surface area contributed by atoms with Crippen molar-refractivity contribution < 1.29 is 13.8 Å². The lowest BCUT2D eigenvalue weighted by Gasteiger charge is -2.07. The van der Waals surface area contributed by atoms with E-state index in [1.165, 1.54) is 24.3 Å². The van der Waals surface area contributed by atoms with E-state index in [1.807, 2.05) is 6.92 Å². The predicted molar refractivity (Wildman–Crippen MR) is 72.1 cm³/mol. The Labute approximate surface area is 111 Å². The van der Waals surface area contributed by atoms with Gasteiger partial charge in [-0.25, -0.2) is 9.18 Å². The molecule has 0 aromatic heterocycles. The molecule has 0 saturated carbocycles. The van der Waals surface area contributed by atoms with Gasteiger partial charge in [0.25, 0.3) is 0 Å². The van der Waals surface area contributed by atoms with E-state index in [-0.39, 0.29) is 11.8 Å². The summed E-state index contributed by atoms with van der Waals surface area (Å²) in [5.41, 5.74) is 0.574. The molecule has 19 heavy (non-hydrogen) atoms. The number of nitrogens with zero attached hydrogens (tertiary/aromatic N) is 1. The van der Waals surface area contributed by atoms with Gasteiger partial charge in [0, 0.05) is 12.6 Å². The van der Waals surface area contributed by atoms with Crippen LogP contribution in [-0.2, 0) is 0 Å². The second-order valence-corrected chi connectivity index (χ2v) is 4.39. The maximum Gasteiger partial charge on any atom is 0.319 e. The van der Waals surface area contributed by atoms with E-state index in [9.17, 15) is 9.18 Å². The Kier molecular flexibility index (Phi) is 4.33. The maximum atomic E-state index is 12.7. The lowest BCUT2D eigenvalue weighted by atomic mass is 10.3. The Morgan fingerprint density at radius 2 is 2.16 bits per heavy atom. The number of urea groups is 1. The second kappa shape index (κ2) is 6.17. The van der Waals surface area contributed by atoms with Crippen molar-refractivity contribution in [1.82, 2.24) is 10.6 Å². The molecular formula is C13H18FN4O+. The zero-order valence-corrected chi connectivity index (χ0v) is 10.9. The van der Waals surface area contributed by atoms with Gasteiger partial charge >= 0.3 is 6.03 Å². The van der Waals surface area contributed by atoms with E-state index in [4.69, 9.17) is 0 Å². The normalized spacial score (nSPS) is 14.2. The van der Waals surface area contributed by atoms with E-state index < -0.39 is 0 Å². The number of halogens is 1. The molecule has 0 aliphatic carbocycles. The van der Waals surface area contributed by atoms with Crippen LogP contribution in [0.3, 0.4) is 0 Å². The molecule has 2 rings (SSSR count). The van der Waals surface area contributed by atoms with Gasteiger partial charge in [0.2, 0.25) is 5.84 Å². The summed E-state index contributed by atoms with van der Waals surface area (Å²) in [5.74, 6) is 0.819. The summed E-state index contributed by atoms with van der Waals surface area (Å²) in [6, 6.07) is 5.39. The van der Waals surface area contributed by atoms with Crippen molar-refractivity contribution in [2.75, 3.05) is 31.5 Å². The smallest absolute Gasteiger partial charge is 0.319 e. The Morgan fingerprint density at radius 1 is 1.42 bits per heavy atom. The highest BCUT2D eigenvalue weighted by atomic mass is 19.1. The highest BCUT2D eigenvalue weighted by molar-refractivity contribution is 5.89. The van der Waals surface area contributed by atoms with Crippen LogP contribution in [0, 0.1) is 5.82 Å². The van der Waals surface area contributed by atoms with Gasteiger partial charge in [-0.1, -0.05) is 0 Å². The minimum absolute atomic E-state index is 0.281. The number of benzene rings is 1. The van der Waals surface area contributed by atoms with Gasteiger partial charge in [-0.2, -0.15) is 0 Å². The fourth-order valence-electron chi connectivity index (χ4n) is 1.94. The number of rotatable bonds is 4. The lowest BCUT2D eigenvalue weighted by Crippen LogP contribution is -2.34. The second-order valence-electron chi connectivity index (χ2n) is 4.39. The number of amides is 2. The van der Waals surface area contributed by atoms with Crippen molar-refractivity contribution in [2.24, 2.45) is 0 Å². The molecule has 0 saturated heterocycles. The molecule has 1 aliphatic rings. The first kappa shape index (κ1) is 13.3. The van der Waals surface area contributed by atoms with Crippen LogP contribution in [0.5, 0.6) is 0 Å². The summed E-state index contributed by atoms with van der Waals surface area (Å²) in [5, 5.41) is 8.65. The fourth-order valence-corrected chi connectivity index (χ4v) is 1.94. The molecule has 1 heterocycles. The monoisotopic (exact) mass is 265 g/mol. The number of carbonyl (C=O) groups is 1. The van der Waals surface area contributed by atoms with Crippen LogP contribution in [0.25, 0.3) is 0 Å². The standard InChI is InChI=1S/C13H17FN4O/c1-10-15-6-8-18(10)9-7-16-13(19)17-12-4-2-11(14)3-5-12/h2-5H,6-9H2,1H3,(H2,16,17,19)/p+1. The van der Waals surface area contributed by atoms with E-state index in [0.29, 0.717) is 12.2 Å². The van der Waals surface area contributed by atoms with Crippen LogP contribution < -0.4 is 16.0 Å². The predicted octanol–water partition coefficient (Wildman–Crippen LogP) is 0.981. The van der Waals surface area contributed by atoms with Crippen molar-refractivity contribution >= 4 is 17.6 Å².